The summed E-state index contributed by atoms with van der Waals surface area (Å²) in [7, 11) is 0. The minimum atomic E-state index is -0.193. The Hall–Kier alpha value is -3.02. The van der Waals surface area contributed by atoms with Crippen molar-refractivity contribution in [3.63, 3.8) is 0 Å². The smallest absolute Gasteiger partial charge is 0.261 e. The largest absolute Gasteiger partial charge is 0.484 e. The van der Waals surface area contributed by atoms with Gasteiger partial charge in [0.1, 0.15) is 16.9 Å². The number of para-hydroxylation sites is 1. The van der Waals surface area contributed by atoms with Crippen LogP contribution in [0.5, 0.6) is 5.75 Å². The molecule has 4 rings (SSSR count). The Morgan fingerprint density at radius 1 is 1.17 bits per heavy atom. The Morgan fingerprint density at radius 2 is 2.00 bits per heavy atom. The molecule has 1 fully saturated rings. The summed E-state index contributed by atoms with van der Waals surface area (Å²) in [4.78, 5) is 25.0. The van der Waals surface area contributed by atoms with Crippen LogP contribution < -0.4 is 10.1 Å². The lowest BCUT2D eigenvalue weighted by Crippen LogP contribution is -2.51. The number of hydrogen-bond donors (Lipinski definition) is 1. The highest BCUT2D eigenvalue weighted by Crippen LogP contribution is 2.31. The fraction of sp³-hybridized carbons (Fsp3) is 0.222. The zero-order chi connectivity index (χ0) is 16.5. The van der Waals surface area contributed by atoms with Gasteiger partial charge in [0.25, 0.3) is 5.91 Å². The molecule has 1 aliphatic heterocycles. The molecule has 6 nitrogen and oxygen atoms in total. The van der Waals surface area contributed by atoms with Crippen LogP contribution in [0, 0.1) is 0 Å². The zero-order valence-electron chi connectivity index (χ0n) is 13.0. The standard InChI is InChI=1S/C18H16N2O4/c21-17-10-20(8-7-19-17)18(22)11-23-12-5-6-16-14(9-12)13-3-1-2-4-15(13)24-16/h1-6,9H,7-8,10-11H2,(H,19,21). The molecule has 2 heterocycles. The quantitative estimate of drug-likeness (QED) is 0.799. The van der Waals surface area contributed by atoms with Crippen LogP contribution in [0.2, 0.25) is 0 Å². The van der Waals surface area contributed by atoms with E-state index in [9.17, 15) is 9.59 Å². The van der Waals surface area contributed by atoms with Gasteiger partial charge in [-0.15, -0.1) is 0 Å². The molecule has 6 heteroatoms. The topological polar surface area (TPSA) is 71.8 Å². The molecule has 0 spiro atoms. The third kappa shape index (κ3) is 2.67. The number of nitrogens with zero attached hydrogens (tertiary/aromatic N) is 1. The molecule has 1 aliphatic rings. The van der Waals surface area contributed by atoms with Crippen LogP contribution in [0.1, 0.15) is 0 Å². The van der Waals surface area contributed by atoms with Crippen LogP contribution in [0.15, 0.2) is 46.9 Å². The van der Waals surface area contributed by atoms with E-state index >= 15 is 0 Å². The summed E-state index contributed by atoms with van der Waals surface area (Å²) < 4.78 is 11.4. The lowest BCUT2D eigenvalue weighted by Gasteiger charge is -2.26. The van der Waals surface area contributed by atoms with Crippen LogP contribution in [0.25, 0.3) is 21.9 Å². The van der Waals surface area contributed by atoms with Crippen LogP contribution >= 0.6 is 0 Å². The van der Waals surface area contributed by atoms with Gasteiger partial charge in [-0.3, -0.25) is 9.59 Å². The van der Waals surface area contributed by atoms with Crippen LogP contribution in [0.4, 0.5) is 0 Å². The predicted molar refractivity (Wildman–Crippen MR) is 88.8 cm³/mol. The maximum atomic E-state index is 12.1. The summed E-state index contributed by atoms with van der Waals surface area (Å²) in [6, 6.07) is 13.3. The molecule has 0 atom stereocenters. The van der Waals surface area contributed by atoms with E-state index in [0.29, 0.717) is 18.8 Å². The van der Waals surface area contributed by atoms with E-state index in [1.165, 1.54) is 4.90 Å². The summed E-state index contributed by atoms with van der Waals surface area (Å²) in [5, 5.41) is 4.65. The fourth-order valence-electron chi connectivity index (χ4n) is 2.88. The Bertz CT molecular complexity index is 931. The molecular weight excluding hydrogens is 308 g/mol. The maximum Gasteiger partial charge on any atom is 0.261 e. The van der Waals surface area contributed by atoms with Gasteiger partial charge in [0, 0.05) is 23.9 Å². The minimum Gasteiger partial charge on any atom is -0.484 e. The summed E-state index contributed by atoms with van der Waals surface area (Å²) in [6.45, 7) is 0.999. The SMILES string of the molecule is O=C1CN(C(=O)COc2ccc3oc4ccccc4c3c2)CCN1. The van der Waals surface area contributed by atoms with E-state index < -0.39 is 0 Å². The molecule has 0 bridgehead atoms. The lowest BCUT2D eigenvalue weighted by molar-refractivity contribution is -0.139. The van der Waals surface area contributed by atoms with Crippen molar-refractivity contribution in [1.29, 1.82) is 0 Å². The number of rotatable bonds is 3. The number of piperazine rings is 1. The predicted octanol–water partition coefficient (Wildman–Crippen LogP) is 1.92. The average molecular weight is 324 g/mol. The Kier molecular flexibility index (Phi) is 3.57. The molecule has 0 aliphatic carbocycles. The molecule has 3 aromatic rings. The second-order valence-electron chi connectivity index (χ2n) is 5.71. The molecule has 1 aromatic heterocycles. The van der Waals surface area contributed by atoms with Crippen molar-refractivity contribution in [2.45, 2.75) is 0 Å². The van der Waals surface area contributed by atoms with Gasteiger partial charge in [0.15, 0.2) is 6.61 Å². The zero-order valence-corrected chi connectivity index (χ0v) is 13.0. The average Bonchev–Trinajstić information content (AvgIpc) is 2.97. The second kappa shape index (κ2) is 5.88. The molecule has 0 unspecified atom stereocenters. The number of ether oxygens (including phenoxy) is 1. The first-order valence-corrected chi connectivity index (χ1v) is 7.79. The van der Waals surface area contributed by atoms with E-state index in [1.807, 2.05) is 36.4 Å². The van der Waals surface area contributed by atoms with Gasteiger partial charge in [-0.25, -0.2) is 0 Å². The number of nitrogens with one attached hydrogen (secondary N) is 1. The Balaban J connectivity index is 1.51. The normalized spacial score (nSPS) is 14.8. The number of amides is 2. The van der Waals surface area contributed by atoms with E-state index in [2.05, 4.69) is 5.32 Å². The highest BCUT2D eigenvalue weighted by Gasteiger charge is 2.21. The number of carbonyl (C=O) groups is 2. The maximum absolute atomic E-state index is 12.1. The second-order valence-corrected chi connectivity index (χ2v) is 5.71. The molecule has 0 radical (unpaired) electrons. The van der Waals surface area contributed by atoms with Crippen molar-refractivity contribution in [3.8, 4) is 5.75 Å². The molecule has 2 aromatic carbocycles. The number of fused-ring (bicyclic) bond motifs is 3. The summed E-state index contributed by atoms with van der Waals surface area (Å²) in [6.07, 6.45) is 0. The fourth-order valence-corrected chi connectivity index (χ4v) is 2.88. The molecule has 2 amide bonds. The lowest BCUT2D eigenvalue weighted by atomic mass is 10.1. The Labute approximate surface area is 138 Å². The van der Waals surface area contributed by atoms with Gasteiger partial charge in [-0.1, -0.05) is 18.2 Å². The summed E-state index contributed by atoms with van der Waals surface area (Å²) in [5.74, 6) is 0.270. The van der Waals surface area contributed by atoms with Gasteiger partial charge < -0.3 is 19.4 Å². The molecule has 1 N–H and O–H groups in total. The molecule has 24 heavy (non-hydrogen) atoms. The van der Waals surface area contributed by atoms with Gasteiger partial charge >= 0.3 is 0 Å². The number of benzene rings is 2. The van der Waals surface area contributed by atoms with Crippen molar-refractivity contribution < 1.29 is 18.7 Å². The van der Waals surface area contributed by atoms with Crippen LogP contribution in [0.3, 0.4) is 0 Å². The van der Waals surface area contributed by atoms with Gasteiger partial charge in [0.05, 0.1) is 6.54 Å². The van der Waals surface area contributed by atoms with Gasteiger partial charge in [0.2, 0.25) is 5.91 Å². The monoisotopic (exact) mass is 324 g/mol. The molecule has 122 valence electrons. The van der Waals surface area contributed by atoms with Gasteiger partial charge in [-0.2, -0.15) is 0 Å². The van der Waals surface area contributed by atoms with Crippen LogP contribution in [-0.2, 0) is 9.59 Å². The first kappa shape index (κ1) is 14.6. The third-order valence-electron chi connectivity index (χ3n) is 4.10. The number of hydrogen-bond acceptors (Lipinski definition) is 4. The van der Waals surface area contributed by atoms with Crippen molar-refractivity contribution >= 4 is 33.8 Å². The van der Waals surface area contributed by atoms with E-state index in [0.717, 1.165) is 21.9 Å². The first-order valence-electron chi connectivity index (χ1n) is 7.79. The van der Waals surface area contributed by atoms with Gasteiger partial charge in [-0.05, 0) is 24.3 Å². The minimum absolute atomic E-state index is 0.0887. The first-order chi connectivity index (χ1) is 11.7. The van der Waals surface area contributed by atoms with Crippen molar-refractivity contribution in [3.05, 3.63) is 42.5 Å². The van der Waals surface area contributed by atoms with Crippen LogP contribution in [-0.4, -0.2) is 43.0 Å². The number of carbonyl (C=O) groups excluding carboxylic acids is 2. The van der Waals surface area contributed by atoms with Crippen molar-refractivity contribution in [2.75, 3.05) is 26.2 Å². The third-order valence-corrected chi connectivity index (χ3v) is 4.10. The number of furan rings is 1. The van der Waals surface area contributed by atoms with Crippen molar-refractivity contribution in [2.24, 2.45) is 0 Å². The van der Waals surface area contributed by atoms with E-state index in [4.69, 9.17) is 9.15 Å². The highest BCUT2D eigenvalue weighted by molar-refractivity contribution is 6.05. The van der Waals surface area contributed by atoms with E-state index in [1.54, 1.807) is 6.07 Å². The highest BCUT2D eigenvalue weighted by atomic mass is 16.5. The summed E-state index contributed by atoms with van der Waals surface area (Å²) >= 11 is 0. The molecule has 1 saturated heterocycles. The molecular formula is C18H16N2O4. The Morgan fingerprint density at radius 3 is 2.88 bits per heavy atom. The van der Waals surface area contributed by atoms with E-state index in [-0.39, 0.29) is 25.0 Å². The van der Waals surface area contributed by atoms with Crippen molar-refractivity contribution in [1.82, 2.24) is 10.2 Å². The summed E-state index contributed by atoms with van der Waals surface area (Å²) in [5.41, 5.74) is 1.60. The molecule has 0 saturated carbocycles.